The van der Waals surface area contributed by atoms with Crippen LogP contribution in [0.2, 0.25) is 0 Å². The van der Waals surface area contributed by atoms with E-state index in [1.807, 2.05) is 0 Å². The van der Waals surface area contributed by atoms with E-state index in [1.54, 1.807) is 0 Å². The third-order valence-electron chi connectivity index (χ3n) is 15.5. The van der Waals surface area contributed by atoms with Crippen LogP contribution in [0.25, 0.3) is 0 Å². The topological polar surface area (TPSA) is 78.9 Å². The van der Waals surface area contributed by atoms with Gasteiger partial charge in [-0.1, -0.05) is 334 Å². The SMILES string of the molecule is CCCCCCC/C=C\C/C=C\CCCCCCCCCCCCCCCCCCCCCC(=O)OCC(COC(=O)CCCCCCCCCCCC)OC(=O)CCCCCCCCCCCCCCCCCC. The van der Waals surface area contributed by atoms with Crippen LogP contribution in [0, 0.1) is 0 Å². The van der Waals surface area contributed by atoms with Gasteiger partial charge in [0.2, 0.25) is 0 Å². The van der Waals surface area contributed by atoms with E-state index in [2.05, 4.69) is 45.1 Å². The molecule has 1 atom stereocenters. The van der Waals surface area contributed by atoms with Crippen molar-refractivity contribution >= 4 is 17.9 Å². The molecule has 0 aromatic carbocycles. The van der Waals surface area contributed by atoms with Gasteiger partial charge in [0.15, 0.2) is 6.10 Å². The van der Waals surface area contributed by atoms with Gasteiger partial charge >= 0.3 is 17.9 Å². The molecule has 6 nitrogen and oxygen atoms in total. The number of rotatable bonds is 63. The van der Waals surface area contributed by atoms with Gasteiger partial charge < -0.3 is 14.2 Å². The highest BCUT2D eigenvalue weighted by atomic mass is 16.6. The molecule has 0 radical (unpaired) electrons. The minimum atomic E-state index is -0.764. The largest absolute Gasteiger partial charge is 0.462 e. The van der Waals surface area contributed by atoms with Crippen LogP contribution < -0.4 is 0 Å². The molecule has 0 aliphatic carbocycles. The van der Waals surface area contributed by atoms with Crippen LogP contribution >= 0.6 is 0 Å². The second kappa shape index (κ2) is 64.4. The summed E-state index contributed by atoms with van der Waals surface area (Å²) in [6.07, 6.45) is 77.9. The van der Waals surface area contributed by atoms with Crippen LogP contribution in [-0.4, -0.2) is 37.2 Å². The molecule has 0 saturated heterocycles. The number of ether oxygens (including phenoxy) is 3. The molecule has 0 aromatic heterocycles. The van der Waals surface area contributed by atoms with Gasteiger partial charge in [0.1, 0.15) is 13.2 Å². The number of unbranched alkanes of at least 4 members (excludes halogenated alkanes) is 48. The fourth-order valence-electron chi connectivity index (χ4n) is 10.4. The first kappa shape index (κ1) is 72.9. The van der Waals surface area contributed by atoms with Gasteiger partial charge in [0.25, 0.3) is 0 Å². The van der Waals surface area contributed by atoms with E-state index in [9.17, 15) is 14.4 Å². The highest BCUT2D eigenvalue weighted by molar-refractivity contribution is 5.71. The molecule has 1 unspecified atom stereocenters. The Morgan fingerprint density at radius 3 is 0.733 bits per heavy atom. The van der Waals surface area contributed by atoms with Gasteiger partial charge in [-0.25, -0.2) is 0 Å². The summed E-state index contributed by atoms with van der Waals surface area (Å²) in [7, 11) is 0. The van der Waals surface area contributed by atoms with Gasteiger partial charge in [0.05, 0.1) is 0 Å². The predicted octanol–water partition coefficient (Wildman–Crippen LogP) is 23.0. The Morgan fingerprint density at radius 1 is 0.267 bits per heavy atom. The van der Waals surface area contributed by atoms with E-state index in [-0.39, 0.29) is 31.1 Å². The molecule has 75 heavy (non-hydrogen) atoms. The molecule has 0 rings (SSSR count). The average Bonchev–Trinajstić information content (AvgIpc) is 3.41. The summed E-state index contributed by atoms with van der Waals surface area (Å²) in [5.41, 5.74) is 0. The maximum absolute atomic E-state index is 12.9. The van der Waals surface area contributed by atoms with Crippen molar-refractivity contribution in [3.63, 3.8) is 0 Å². The van der Waals surface area contributed by atoms with Crippen LogP contribution in [0.4, 0.5) is 0 Å². The van der Waals surface area contributed by atoms with Crippen LogP contribution in [-0.2, 0) is 28.6 Å². The summed E-state index contributed by atoms with van der Waals surface area (Å²) in [6, 6.07) is 0. The van der Waals surface area contributed by atoms with Crippen molar-refractivity contribution in [3.05, 3.63) is 24.3 Å². The van der Waals surface area contributed by atoms with Crippen molar-refractivity contribution in [2.24, 2.45) is 0 Å². The quantitative estimate of drug-likeness (QED) is 0.0261. The molecule has 0 bridgehead atoms. The van der Waals surface area contributed by atoms with E-state index in [0.29, 0.717) is 19.3 Å². The van der Waals surface area contributed by atoms with Crippen LogP contribution in [0.3, 0.4) is 0 Å². The lowest BCUT2D eigenvalue weighted by Crippen LogP contribution is -2.30. The number of hydrogen-bond acceptors (Lipinski definition) is 6. The lowest BCUT2D eigenvalue weighted by molar-refractivity contribution is -0.167. The van der Waals surface area contributed by atoms with E-state index in [0.717, 1.165) is 64.2 Å². The first-order chi connectivity index (χ1) is 37.0. The molecule has 0 spiro atoms. The number of carbonyl (C=O) groups excluding carboxylic acids is 3. The van der Waals surface area contributed by atoms with Gasteiger partial charge in [-0.05, 0) is 51.4 Å². The molecule has 0 fully saturated rings. The predicted molar refractivity (Wildman–Crippen MR) is 326 cm³/mol. The van der Waals surface area contributed by atoms with Crippen LogP contribution in [0.15, 0.2) is 24.3 Å². The maximum atomic E-state index is 12.9. The van der Waals surface area contributed by atoms with E-state index in [4.69, 9.17) is 14.2 Å². The van der Waals surface area contributed by atoms with Crippen molar-refractivity contribution in [2.45, 2.75) is 386 Å². The van der Waals surface area contributed by atoms with Gasteiger partial charge in [-0.15, -0.1) is 0 Å². The average molecular weight is 1060 g/mol. The summed E-state index contributed by atoms with van der Waals surface area (Å²) in [4.78, 5) is 38.2. The van der Waals surface area contributed by atoms with E-state index < -0.39 is 6.10 Å². The third-order valence-corrected chi connectivity index (χ3v) is 15.5. The number of allylic oxidation sites excluding steroid dienone is 4. The highest BCUT2D eigenvalue weighted by Crippen LogP contribution is 2.18. The maximum Gasteiger partial charge on any atom is 0.306 e. The summed E-state index contributed by atoms with van der Waals surface area (Å²) >= 11 is 0. The minimum Gasteiger partial charge on any atom is -0.462 e. The molecule has 6 heteroatoms. The van der Waals surface area contributed by atoms with Crippen molar-refractivity contribution in [2.75, 3.05) is 13.2 Å². The fourth-order valence-corrected chi connectivity index (χ4v) is 10.4. The second-order valence-electron chi connectivity index (χ2n) is 23.1. The Morgan fingerprint density at radius 2 is 0.480 bits per heavy atom. The van der Waals surface area contributed by atoms with Gasteiger partial charge in [-0.2, -0.15) is 0 Å². The fraction of sp³-hybridized carbons (Fsp3) is 0.899. The minimum absolute atomic E-state index is 0.0636. The highest BCUT2D eigenvalue weighted by Gasteiger charge is 2.19. The second-order valence-corrected chi connectivity index (χ2v) is 23.1. The van der Waals surface area contributed by atoms with Crippen molar-refractivity contribution < 1.29 is 28.6 Å². The zero-order valence-electron chi connectivity index (χ0n) is 50.8. The monoisotopic (exact) mass is 1050 g/mol. The summed E-state index contributed by atoms with van der Waals surface area (Å²) in [5, 5.41) is 0. The zero-order valence-corrected chi connectivity index (χ0v) is 50.8. The molecule has 0 saturated carbocycles. The Labute approximate surface area is 468 Å². The zero-order chi connectivity index (χ0) is 54.3. The van der Waals surface area contributed by atoms with Crippen LogP contribution in [0.5, 0.6) is 0 Å². The Kier molecular flexibility index (Phi) is 62.6. The number of esters is 3. The van der Waals surface area contributed by atoms with E-state index >= 15 is 0 Å². The van der Waals surface area contributed by atoms with Gasteiger partial charge in [-0.3, -0.25) is 14.4 Å². The van der Waals surface area contributed by atoms with Crippen LogP contribution in [0.1, 0.15) is 380 Å². The third kappa shape index (κ3) is 62.6. The summed E-state index contributed by atoms with van der Waals surface area (Å²) < 4.78 is 16.9. The lowest BCUT2D eigenvalue weighted by Gasteiger charge is -2.18. The Balaban J connectivity index is 4.06. The summed E-state index contributed by atoms with van der Waals surface area (Å²) in [6.45, 7) is 6.69. The first-order valence-electron chi connectivity index (χ1n) is 33.8. The lowest BCUT2D eigenvalue weighted by atomic mass is 10.0. The van der Waals surface area contributed by atoms with Crippen molar-refractivity contribution in [3.8, 4) is 0 Å². The molecular formula is C69H130O6. The first-order valence-corrected chi connectivity index (χ1v) is 33.8. The molecule has 0 aromatic rings. The number of hydrogen-bond donors (Lipinski definition) is 0. The van der Waals surface area contributed by atoms with E-state index in [1.165, 1.54) is 276 Å². The molecule has 0 N–H and O–H groups in total. The molecular weight excluding hydrogens is 925 g/mol. The Bertz CT molecular complexity index is 1210. The standard InChI is InChI=1S/C69H130O6/c1-4-7-10-13-16-19-22-24-26-28-29-30-31-32-33-34-35-36-37-38-39-40-41-42-44-45-47-50-53-56-59-62-68(71)74-65-66(64-73-67(70)61-58-55-52-49-21-18-15-12-9-6-3)75-69(72)63-60-57-54-51-48-46-43-27-25-23-20-17-14-11-8-5-2/h22,24,28-29,66H,4-21,23,25-27,30-65H2,1-3H3/b24-22-,29-28-. The molecule has 0 heterocycles. The summed E-state index contributed by atoms with van der Waals surface area (Å²) in [5.74, 6) is -0.836. The molecule has 442 valence electrons. The Hall–Kier alpha value is -2.11. The van der Waals surface area contributed by atoms with Crippen molar-refractivity contribution in [1.29, 1.82) is 0 Å². The molecule has 0 aliphatic heterocycles. The normalized spacial score (nSPS) is 12.1. The smallest absolute Gasteiger partial charge is 0.306 e. The number of carbonyl (C=O) groups is 3. The molecule has 0 amide bonds. The van der Waals surface area contributed by atoms with Gasteiger partial charge in [0, 0.05) is 19.3 Å². The van der Waals surface area contributed by atoms with Crippen molar-refractivity contribution in [1.82, 2.24) is 0 Å². The molecule has 0 aliphatic rings.